The Morgan fingerprint density at radius 3 is 2.50 bits per heavy atom. The Kier molecular flexibility index (Phi) is 2.99. The summed E-state index contributed by atoms with van der Waals surface area (Å²) in [6.45, 7) is 7.51. The number of carbonyl (C=O) groups is 1. The molecule has 2 unspecified atom stereocenters. The van der Waals surface area contributed by atoms with Crippen LogP contribution in [0.1, 0.15) is 52.9 Å². The number of carbonyl (C=O) groups excluding carboxylic acids is 1. The standard InChI is InChI=1S/C13H24N2O/c1-12(2)7-4-6-10(12)15-11(16)13(3)8-5-9-14-13/h10,14H,4-9H2,1-3H3,(H,15,16). The van der Waals surface area contributed by atoms with Gasteiger partial charge in [-0.05, 0) is 44.6 Å². The number of hydrogen-bond acceptors (Lipinski definition) is 2. The second-order valence-corrected chi connectivity index (χ2v) is 6.27. The van der Waals surface area contributed by atoms with Gasteiger partial charge >= 0.3 is 0 Å². The van der Waals surface area contributed by atoms with Crippen LogP contribution >= 0.6 is 0 Å². The van der Waals surface area contributed by atoms with Gasteiger partial charge in [-0.15, -0.1) is 0 Å². The molecule has 1 saturated carbocycles. The lowest BCUT2D eigenvalue weighted by Gasteiger charge is -2.32. The average Bonchev–Trinajstić information content (AvgIpc) is 2.75. The van der Waals surface area contributed by atoms with E-state index in [9.17, 15) is 4.79 Å². The van der Waals surface area contributed by atoms with Crippen molar-refractivity contribution >= 4 is 5.91 Å². The van der Waals surface area contributed by atoms with Crippen LogP contribution in [0.15, 0.2) is 0 Å². The molecule has 2 rings (SSSR count). The molecule has 3 nitrogen and oxygen atoms in total. The number of nitrogens with one attached hydrogen (secondary N) is 2. The zero-order valence-corrected chi connectivity index (χ0v) is 10.7. The van der Waals surface area contributed by atoms with Gasteiger partial charge in [0.15, 0.2) is 0 Å². The molecule has 2 fully saturated rings. The molecular formula is C13H24N2O. The lowest BCUT2D eigenvalue weighted by atomic mass is 9.86. The molecule has 3 heteroatoms. The van der Waals surface area contributed by atoms with Crippen LogP contribution in [0.5, 0.6) is 0 Å². The highest BCUT2D eigenvalue weighted by Gasteiger charge is 2.41. The third-order valence-electron chi connectivity index (χ3n) is 4.43. The van der Waals surface area contributed by atoms with Crippen LogP contribution in [-0.4, -0.2) is 24.0 Å². The van der Waals surface area contributed by atoms with Crippen molar-refractivity contribution in [2.45, 2.75) is 64.5 Å². The molecule has 2 N–H and O–H groups in total. The first-order chi connectivity index (χ1) is 7.44. The maximum atomic E-state index is 12.2. The van der Waals surface area contributed by atoms with Gasteiger partial charge < -0.3 is 10.6 Å². The molecule has 2 atom stereocenters. The van der Waals surface area contributed by atoms with Crippen molar-refractivity contribution in [3.8, 4) is 0 Å². The summed E-state index contributed by atoms with van der Waals surface area (Å²) in [7, 11) is 0. The quantitative estimate of drug-likeness (QED) is 0.751. The van der Waals surface area contributed by atoms with Crippen molar-refractivity contribution in [3.05, 3.63) is 0 Å². The maximum Gasteiger partial charge on any atom is 0.240 e. The van der Waals surface area contributed by atoms with Crippen molar-refractivity contribution in [1.29, 1.82) is 0 Å². The minimum atomic E-state index is -0.321. The predicted octanol–water partition coefficient (Wildman–Crippen LogP) is 1.82. The molecule has 2 aliphatic rings. The van der Waals surface area contributed by atoms with Gasteiger partial charge in [0.05, 0.1) is 5.54 Å². The van der Waals surface area contributed by atoms with E-state index in [1.165, 1.54) is 12.8 Å². The monoisotopic (exact) mass is 224 g/mol. The van der Waals surface area contributed by atoms with E-state index in [2.05, 4.69) is 24.5 Å². The molecule has 92 valence electrons. The first kappa shape index (κ1) is 11.9. The van der Waals surface area contributed by atoms with E-state index < -0.39 is 0 Å². The number of amides is 1. The van der Waals surface area contributed by atoms with Gasteiger partial charge in [0.25, 0.3) is 0 Å². The van der Waals surface area contributed by atoms with E-state index in [1.54, 1.807) is 0 Å². The zero-order valence-electron chi connectivity index (χ0n) is 10.7. The lowest BCUT2D eigenvalue weighted by Crippen LogP contribution is -2.55. The summed E-state index contributed by atoms with van der Waals surface area (Å²) in [5.74, 6) is 0.199. The van der Waals surface area contributed by atoms with E-state index >= 15 is 0 Å². The predicted molar refractivity (Wildman–Crippen MR) is 65.2 cm³/mol. The van der Waals surface area contributed by atoms with Crippen LogP contribution in [0, 0.1) is 5.41 Å². The molecule has 1 aliphatic carbocycles. The first-order valence-corrected chi connectivity index (χ1v) is 6.50. The Labute approximate surface area is 98.4 Å². The SMILES string of the molecule is CC1(C(=O)NC2CCCC2(C)C)CCCN1. The third kappa shape index (κ3) is 2.10. The Hall–Kier alpha value is -0.570. The van der Waals surface area contributed by atoms with Crippen LogP contribution < -0.4 is 10.6 Å². The van der Waals surface area contributed by atoms with E-state index in [1.807, 2.05) is 6.92 Å². The fraction of sp³-hybridized carbons (Fsp3) is 0.923. The van der Waals surface area contributed by atoms with Crippen molar-refractivity contribution in [1.82, 2.24) is 10.6 Å². The molecule has 0 bridgehead atoms. The largest absolute Gasteiger partial charge is 0.351 e. The Balaban J connectivity index is 1.97. The Morgan fingerprint density at radius 1 is 1.25 bits per heavy atom. The highest BCUT2D eigenvalue weighted by molar-refractivity contribution is 5.86. The first-order valence-electron chi connectivity index (χ1n) is 6.50. The van der Waals surface area contributed by atoms with E-state index in [0.29, 0.717) is 6.04 Å². The molecule has 16 heavy (non-hydrogen) atoms. The van der Waals surface area contributed by atoms with Gasteiger partial charge in [0, 0.05) is 6.04 Å². The van der Waals surface area contributed by atoms with Gasteiger partial charge in [-0.1, -0.05) is 20.3 Å². The van der Waals surface area contributed by atoms with E-state index in [0.717, 1.165) is 25.8 Å². The van der Waals surface area contributed by atoms with Gasteiger partial charge in [0.2, 0.25) is 5.91 Å². The minimum absolute atomic E-state index is 0.199. The fourth-order valence-electron chi connectivity index (χ4n) is 3.00. The van der Waals surface area contributed by atoms with Crippen molar-refractivity contribution in [2.75, 3.05) is 6.54 Å². The van der Waals surface area contributed by atoms with Gasteiger partial charge in [-0.2, -0.15) is 0 Å². The number of hydrogen-bond donors (Lipinski definition) is 2. The maximum absolute atomic E-state index is 12.2. The van der Waals surface area contributed by atoms with Crippen LogP contribution in [0.3, 0.4) is 0 Å². The summed E-state index contributed by atoms with van der Waals surface area (Å²) in [5, 5.41) is 6.57. The van der Waals surface area contributed by atoms with Crippen molar-refractivity contribution in [2.24, 2.45) is 5.41 Å². The molecule has 1 saturated heterocycles. The fourth-order valence-corrected chi connectivity index (χ4v) is 3.00. The summed E-state index contributed by atoms with van der Waals surface area (Å²) in [5.41, 5.74) is -0.0523. The van der Waals surface area contributed by atoms with Gasteiger partial charge in [-0.25, -0.2) is 0 Å². The summed E-state index contributed by atoms with van der Waals surface area (Å²) in [6.07, 6.45) is 5.67. The smallest absolute Gasteiger partial charge is 0.240 e. The highest BCUT2D eigenvalue weighted by Crippen LogP contribution is 2.37. The highest BCUT2D eigenvalue weighted by atomic mass is 16.2. The molecule has 1 amide bonds. The van der Waals surface area contributed by atoms with Crippen LogP contribution in [0.2, 0.25) is 0 Å². The molecule has 0 aromatic heterocycles. The summed E-state index contributed by atoms with van der Waals surface area (Å²) in [6, 6.07) is 0.360. The summed E-state index contributed by atoms with van der Waals surface area (Å²) >= 11 is 0. The molecule has 0 aromatic carbocycles. The van der Waals surface area contributed by atoms with E-state index in [-0.39, 0.29) is 16.9 Å². The van der Waals surface area contributed by atoms with Crippen molar-refractivity contribution in [3.63, 3.8) is 0 Å². The molecule has 0 radical (unpaired) electrons. The molecule has 1 aliphatic heterocycles. The summed E-state index contributed by atoms with van der Waals surface area (Å²) < 4.78 is 0. The Bertz CT molecular complexity index is 280. The minimum Gasteiger partial charge on any atom is -0.351 e. The molecule has 0 aromatic rings. The topological polar surface area (TPSA) is 41.1 Å². The van der Waals surface area contributed by atoms with Crippen LogP contribution in [-0.2, 0) is 4.79 Å². The van der Waals surface area contributed by atoms with Crippen molar-refractivity contribution < 1.29 is 4.79 Å². The van der Waals surface area contributed by atoms with Crippen LogP contribution in [0.25, 0.3) is 0 Å². The Morgan fingerprint density at radius 2 is 2.00 bits per heavy atom. The molecule has 1 heterocycles. The second-order valence-electron chi connectivity index (χ2n) is 6.27. The molecular weight excluding hydrogens is 200 g/mol. The van der Waals surface area contributed by atoms with Gasteiger partial charge in [-0.3, -0.25) is 4.79 Å². The lowest BCUT2D eigenvalue weighted by molar-refractivity contribution is -0.127. The normalized spacial score (nSPS) is 37.6. The van der Waals surface area contributed by atoms with E-state index in [4.69, 9.17) is 0 Å². The molecule has 0 spiro atoms. The summed E-state index contributed by atoms with van der Waals surface area (Å²) in [4.78, 5) is 12.2. The van der Waals surface area contributed by atoms with Gasteiger partial charge in [0.1, 0.15) is 0 Å². The van der Waals surface area contributed by atoms with Crippen LogP contribution in [0.4, 0.5) is 0 Å². The second kappa shape index (κ2) is 4.02. The number of rotatable bonds is 2. The zero-order chi connectivity index (χ0) is 11.8. The average molecular weight is 224 g/mol. The third-order valence-corrected chi connectivity index (χ3v) is 4.43.